The van der Waals surface area contributed by atoms with Crippen molar-refractivity contribution in [2.45, 2.75) is 84.1 Å². The van der Waals surface area contributed by atoms with Crippen LogP contribution >= 0.6 is 0 Å². The van der Waals surface area contributed by atoms with Crippen molar-refractivity contribution in [1.29, 1.82) is 0 Å². The molecule has 0 aromatic carbocycles. The van der Waals surface area contributed by atoms with E-state index in [4.69, 9.17) is 4.99 Å². The molecular weight excluding hydrogens is 300 g/mol. The highest BCUT2D eigenvalue weighted by atomic mass is 16.1. The summed E-state index contributed by atoms with van der Waals surface area (Å²) in [5.74, 6) is 1.01. The van der Waals surface area contributed by atoms with Crippen LogP contribution in [0, 0.1) is 5.41 Å². The molecule has 24 heavy (non-hydrogen) atoms. The van der Waals surface area contributed by atoms with Crippen LogP contribution in [0.1, 0.15) is 78.1 Å². The molecule has 1 amide bonds. The van der Waals surface area contributed by atoms with Crippen molar-refractivity contribution < 1.29 is 4.79 Å². The average Bonchev–Trinajstić information content (AvgIpc) is 2.55. The highest BCUT2D eigenvalue weighted by Gasteiger charge is 2.34. The van der Waals surface area contributed by atoms with Crippen LogP contribution in [0.4, 0.5) is 0 Å². The first-order valence-electron chi connectivity index (χ1n) is 9.99. The first-order chi connectivity index (χ1) is 11.7. The molecule has 0 radical (unpaired) electrons. The van der Waals surface area contributed by atoms with E-state index < -0.39 is 0 Å². The zero-order valence-electron chi connectivity index (χ0n) is 15.6. The van der Waals surface area contributed by atoms with E-state index in [1.165, 1.54) is 44.9 Å². The molecule has 138 valence electrons. The Hall–Kier alpha value is -1.26. The molecule has 2 aliphatic rings. The molecule has 2 rings (SSSR count). The van der Waals surface area contributed by atoms with Gasteiger partial charge in [-0.25, -0.2) is 0 Å². The van der Waals surface area contributed by atoms with Gasteiger partial charge in [-0.1, -0.05) is 32.6 Å². The van der Waals surface area contributed by atoms with Gasteiger partial charge in [0, 0.05) is 32.1 Å². The molecule has 0 aromatic heterocycles. The van der Waals surface area contributed by atoms with Crippen LogP contribution in [-0.4, -0.2) is 37.5 Å². The van der Waals surface area contributed by atoms with Gasteiger partial charge in [0.2, 0.25) is 5.91 Å². The number of hydrogen-bond donors (Lipinski definition) is 3. The molecule has 2 fully saturated rings. The summed E-state index contributed by atoms with van der Waals surface area (Å²) in [6.45, 7) is 6.73. The van der Waals surface area contributed by atoms with E-state index in [-0.39, 0.29) is 5.91 Å². The van der Waals surface area contributed by atoms with E-state index in [2.05, 4.69) is 29.8 Å². The number of aliphatic imine (C=N–C) groups is 1. The molecule has 0 heterocycles. The van der Waals surface area contributed by atoms with Gasteiger partial charge in [0.05, 0.1) is 0 Å². The third-order valence-electron chi connectivity index (χ3n) is 5.70. The van der Waals surface area contributed by atoms with Gasteiger partial charge in [0.25, 0.3) is 0 Å². The minimum absolute atomic E-state index is 0.161. The predicted molar refractivity (Wildman–Crippen MR) is 100 cm³/mol. The Morgan fingerprint density at radius 1 is 1.08 bits per heavy atom. The summed E-state index contributed by atoms with van der Waals surface area (Å²) >= 11 is 0. The molecular formula is C19H36N4O. The number of nitrogens with one attached hydrogen (secondary N) is 3. The number of rotatable bonds is 8. The van der Waals surface area contributed by atoms with Crippen LogP contribution < -0.4 is 16.0 Å². The van der Waals surface area contributed by atoms with Crippen LogP contribution in [0.15, 0.2) is 4.99 Å². The fourth-order valence-corrected chi connectivity index (χ4v) is 3.73. The molecule has 0 spiro atoms. The Kier molecular flexibility index (Phi) is 7.86. The Balaban J connectivity index is 1.69. The summed E-state index contributed by atoms with van der Waals surface area (Å²) in [6.07, 6.45) is 11.8. The summed E-state index contributed by atoms with van der Waals surface area (Å²) < 4.78 is 0. The van der Waals surface area contributed by atoms with Gasteiger partial charge in [0.15, 0.2) is 5.96 Å². The van der Waals surface area contributed by atoms with Crippen LogP contribution in [0.5, 0.6) is 0 Å². The maximum atomic E-state index is 12.1. The normalized spacial score (nSPS) is 21.0. The second-order valence-corrected chi connectivity index (χ2v) is 7.48. The monoisotopic (exact) mass is 336 g/mol. The maximum Gasteiger partial charge on any atom is 0.221 e. The molecule has 0 aliphatic heterocycles. The van der Waals surface area contributed by atoms with E-state index in [0.717, 1.165) is 31.9 Å². The number of carbonyl (C=O) groups is 1. The first-order valence-corrected chi connectivity index (χ1v) is 9.99. The number of carbonyl (C=O) groups excluding carboxylic acids is 1. The van der Waals surface area contributed by atoms with Crippen LogP contribution in [0.25, 0.3) is 0 Å². The van der Waals surface area contributed by atoms with Crippen molar-refractivity contribution >= 4 is 11.9 Å². The van der Waals surface area contributed by atoms with Crippen molar-refractivity contribution in [3.63, 3.8) is 0 Å². The van der Waals surface area contributed by atoms with Crippen LogP contribution in [-0.2, 0) is 4.79 Å². The first kappa shape index (κ1) is 19.1. The molecule has 3 N–H and O–H groups in total. The van der Waals surface area contributed by atoms with Gasteiger partial charge >= 0.3 is 0 Å². The Morgan fingerprint density at radius 3 is 2.42 bits per heavy atom. The number of hydrogen-bond acceptors (Lipinski definition) is 2. The van der Waals surface area contributed by atoms with Crippen molar-refractivity contribution in [3.05, 3.63) is 0 Å². The summed E-state index contributed by atoms with van der Waals surface area (Å²) in [5.41, 5.74) is 0.431. The Labute approximate surface area is 147 Å². The Morgan fingerprint density at radius 2 is 1.83 bits per heavy atom. The van der Waals surface area contributed by atoms with E-state index in [1.807, 2.05) is 0 Å². The molecule has 0 atom stereocenters. The topological polar surface area (TPSA) is 65.5 Å². The summed E-state index contributed by atoms with van der Waals surface area (Å²) in [6, 6.07) is 0.399. The van der Waals surface area contributed by atoms with Crippen molar-refractivity contribution in [3.8, 4) is 0 Å². The van der Waals surface area contributed by atoms with E-state index in [9.17, 15) is 4.79 Å². The van der Waals surface area contributed by atoms with Crippen LogP contribution in [0.3, 0.4) is 0 Å². The fourth-order valence-electron chi connectivity index (χ4n) is 3.73. The highest BCUT2D eigenvalue weighted by molar-refractivity contribution is 5.81. The lowest BCUT2D eigenvalue weighted by Crippen LogP contribution is -2.42. The van der Waals surface area contributed by atoms with Gasteiger partial charge in [-0.3, -0.25) is 9.79 Å². The molecule has 0 bridgehead atoms. The number of nitrogens with zero attached hydrogens (tertiary/aromatic N) is 1. The quantitative estimate of drug-likeness (QED) is 0.472. The average molecular weight is 337 g/mol. The number of guanidine groups is 1. The highest BCUT2D eigenvalue weighted by Crippen LogP contribution is 2.43. The van der Waals surface area contributed by atoms with Gasteiger partial charge in [-0.05, 0) is 44.4 Å². The zero-order valence-corrected chi connectivity index (χ0v) is 15.6. The molecule has 0 unspecified atom stereocenters. The minimum atomic E-state index is 0.161. The van der Waals surface area contributed by atoms with Crippen molar-refractivity contribution in [1.82, 2.24) is 16.0 Å². The third-order valence-corrected chi connectivity index (χ3v) is 5.70. The zero-order chi connectivity index (χ0) is 17.3. The molecule has 0 aromatic rings. The predicted octanol–water partition coefficient (Wildman–Crippen LogP) is 2.96. The van der Waals surface area contributed by atoms with Gasteiger partial charge < -0.3 is 16.0 Å². The largest absolute Gasteiger partial charge is 0.357 e. The molecule has 5 heteroatoms. The minimum Gasteiger partial charge on any atom is -0.357 e. The lowest BCUT2D eigenvalue weighted by molar-refractivity contribution is -0.121. The second-order valence-electron chi connectivity index (χ2n) is 7.48. The van der Waals surface area contributed by atoms with E-state index >= 15 is 0 Å². The molecule has 0 saturated heterocycles. The van der Waals surface area contributed by atoms with Gasteiger partial charge in [-0.2, -0.15) is 0 Å². The SMILES string of the molecule is CCNC(=NCC1(CC)CCC1)NCCC(=O)NC1CCCCC1. The molecule has 2 aliphatic carbocycles. The summed E-state index contributed by atoms with van der Waals surface area (Å²) in [4.78, 5) is 16.8. The summed E-state index contributed by atoms with van der Waals surface area (Å²) in [7, 11) is 0. The van der Waals surface area contributed by atoms with Crippen molar-refractivity contribution in [2.24, 2.45) is 10.4 Å². The van der Waals surface area contributed by atoms with Gasteiger partial charge in [-0.15, -0.1) is 0 Å². The lowest BCUT2D eigenvalue weighted by atomic mass is 9.67. The second kappa shape index (κ2) is 9.90. The third kappa shape index (κ3) is 5.99. The fraction of sp³-hybridized carbons (Fsp3) is 0.895. The number of amides is 1. The smallest absolute Gasteiger partial charge is 0.221 e. The standard InChI is InChI=1S/C19H36N4O/c1-3-19(12-8-13-19)15-22-18(20-4-2)21-14-11-17(24)23-16-9-6-5-7-10-16/h16H,3-15H2,1-2H3,(H,23,24)(H2,20,21,22). The Bertz CT molecular complexity index is 406. The van der Waals surface area contributed by atoms with Crippen molar-refractivity contribution in [2.75, 3.05) is 19.6 Å². The molecule has 2 saturated carbocycles. The van der Waals surface area contributed by atoms with E-state index in [1.54, 1.807) is 0 Å². The lowest BCUT2D eigenvalue weighted by Gasteiger charge is -2.40. The van der Waals surface area contributed by atoms with E-state index in [0.29, 0.717) is 24.4 Å². The van der Waals surface area contributed by atoms with Crippen LogP contribution in [0.2, 0.25) is 0 Å². The summed E-state index contributed by atoms with van der Waals surface area (Å²) in [5, 5.41) is 9.77. The molecule has 5 nitrogen and oxygen atoms in total. The van der Waals surface area contributed by atoms with Gasteiger partial charge in [0.1, 0.15) is 0 Å². The maximum absolute atomic E-state index is 12.1.